The number of H-pyrrole nitrogens is 1. The van der Waals surface area contributed by atoms with E-state index in [0.717, 1.165) is 31.9 Å². The largest absolute Gasteiger partial charge is 0.372 e. The van der Waals surface area contributed by atoms with Crippen molar-refractivity contribution in [1.82, 2.24) is 15.3 Å². The minimum absolute atomic E-state index is 0.256. The zero-order valence-corrected chi connectivity index (χ0v) is 10.2. The molecule has 2 aliphatic heterocycles. The van der Waals surface area contributed by atoms with Gasteiger partial charge in [0.1, 0.15) is 5.82 Å². The molecule has 2 aliphatic rings. The van der Waals surface area contributed by atoms with Crippen LogP contribution >= 0.6 is 0 Å². The van der Waals surface area contributed by atoms with E-state index in [0.29, 0.717) is 5.92 Å². The molecule has 0 saturated carbocycles. The highest BCUT2D eigenvalue weighted by atomic mass is 16.5. The van der Waals surface area contributed by atoms with Gasteiger partial charge in [-0.05, 0) is 45.2 Å². The van der Waals surface area contributed by atoms with Gasteiger partial charge < -0.3 is 15.0 Å². The van der Waals surface area contributed by atoms with Crippen LogP contribution in [0, 0.1) is 0 Å². The fraction of sp³-hybridized carbons (Fsp3) is 0.769. The van der Waals surface area contributed by atoms with Crippen LogP contribution in [0.2, 0.25) is 0 Å². The lowest BCUT2D eigenvalue weighted by Gasteiger charge is -2.22. The smallest absolute Gasteiger partial charge is 0.109 e. The first-order chi connectivity index (χ1) is 8.43. The first-order valence-electron chi connectivity index (χ1n) is 6.80. The van der Waals surface area contributed by atoms with Crippen LogP contribution in [0.5, 0.6) is 0 Å². The van der Waals surface area contributed by atoms with Crippen molar-refractivity contribution in [2.45, 2.75) is 44.1 Å². The third-order valence-electron chi connectivity index (χ3n) is 3.87. The molecule has 0 spiro atoms. The second-order valence-corrected chi connectivity index (χ2v) is 5.10. The Kier molecular flexibility index (Phi) is 3.43. The number of nitrogens with one attached hydrogen (secondary N) is 2. The normalized spacial score (nSPS) is 27.2. The molecule has 1 aromatic rings. The van der Waals surface area contributed by atoms with Crippen LogP contribution in [-0.2, 0) is 4.74 Å². The minimum Gasteiger partial charge on any atom is -0.372 e. The average molecular weight is 235 g/mol. The number of rotatable bonds is 2. The maximum Gasteiger partial charge on any atom is 0.109 e. The van der Waals surface area contributed by atoms with Crippen molar-refractivity contribution in [3.63, 3.8) is 0 Å². The Morgan fingerprint density at radius 1 is 1.18 bits per heavy atom. The number of hydrogen-bond donors (Lipinski definition) is 2. The average Bonchev–Trinajstić information content (AvgIpc) is 2.90. The number of ether oxygens (including phenoxy) is 1. The highest BCUT2D eigenvalue weighted by Crippen LogP contribution is 2.29. The summed E-state index contributed by atoms with van der Waals surface area (Å²) < 4.78 is 5.78. The van der Waals surface area contributed by atoms with Gasteiger partial charge in [-0.1, -0.05) is 0 Å². The fourth-order valence-corrected chi connectivity index (χ4v) is 2.80. The molecule has 0 bridgehead atoms. The van der Waals surface area contributed by atoms with E-state index >= 15 is 0 Å². The Hall–Kier alpha value is -0.870. The third kappa shape index (κ3) is 2.53. The molecule has 1 unspecified atom stereocenters. The summed E-state index contributed by atoms with van der Waals surface area (Å²) in [7, 11) is 0. The van der Waals surface area contributed by atoms with Crippen molar-refractivity contribution in [3.8, 4) is 0 Å². The molecule has 2 saturated heterocycles. The first kappa shape index (κ1) is 11.2. The topological polar surface area (TPSA) is 49.9 Å². The van der Waals surface area contributed by atoms with Crippen LogP contribution in [0.4, 0.5) is 0 Å². The second kappa shape index (κ2) is 5.19. The summed E-state index contributed by atoms with van der Waals surface area (Å²) in [6, 6.07) is 0. The number of aromatic amines is 1. The van der Waals surface area contributed by atoms with Gasteiger partial charge in [0, 0.05) is 12.5 Å². The van der Waals surface area contributed by atoms with Crippen LogP contribution < -0.4 is 5.32 Å². The lowest BCUT2D eigenvalue weighted by Crippen LogP contribution is -2.27. The summed E-state index contributed by atoms with van der Waals surface area (Å²) in [5.74, 6) is 1.77. The molecule has 4 nitrogen and oxygen atoms in total. The Morgan fingerprint density at radius 2 is 2.06 bits per heavy atom. The maximum atomic E-state index is 5.78. The van der Waals surface area contributed by atoms with Gasteiger partial charge >= 0.3 is 0 Å². The number of aromatic nitrogens is 2. The molecule has 94 valence electrons. The Balaban J connectivity index is 1.68. The summed E-state index contributed by atoms with van der Waals surface area (Å²) in [6.07, 6.45) is 8.22. The summed E-state index contributed by atoms with van der Waals surface area (Å²) in [5.41, 5.74) is 1.18. The van der Waals surface area contributed by atoms with E-state index < -0.39 is 0 Å². The van der Waals surface area contributed by atoms with Gasteiger partial charge in [0.05, 0.1) is 18.0 Å². The van der Waals surface area contributed by atoms with Gasteiger partial charge in [-0.3, -0.25) is 0 Å². The Labute approximate surface area is 102 Å². The van der Waals surface area contributed by atoms with Crippen molar-refractivity contribution in [3.05, 3.63) is 17.7 Å². The van der Waals surface area contributed by atoms with Gasteiger partial charge in [0.2, 0.25) is 0 Å². The summed E-state index contributed by atoms with van der Waals surface area (Å²) in [4.78, 5) is 8.04. The van der Waals surface area contributed by atoms with E-state index in [-0.39, 0.29) is 6.10 Å². The molecular formula is C13H21N3O. The van der Waals surface area contributed by atoms with Crippen molar-refractivity contribution in [2.75, 3.05) is 19.7 Å². The first-order valence-corrected chi connectivity index (χ1v) is 6.80. The number of nitrogens with zero attached hydrogens (tertiary/aromatic N) is 1. The minimum atomic E-state index is 0.256. The Bertz CT molecular complexity index is 319. The van der Waals surface area contributed by atoms with Gasteiger partial charge in [-0.15, -0.1) is 0 Å². The molecule has 0 aromatic carbocycles. The number of imidazole rings is 1. The van der Waals surface area contributed by atoms with Gasteiger partial charge in [-0.25, -0.2) is 4.98 Å². The van der Waals surface area contributed by atoms with Crippen LogP contribution in [0.25, 0.3) is 0 Å². The predicted octanol–water partition coefficient (Wildman–Crippen LogP) is 2.12. The van der Waals surface area contributed by atoms with Gasteiger partial charge in [0.15, 0.2) is 0 Å². The molecule has 1 atom stereocenters. The molecule has 2 fully saturated rings. The second-order valence-electron chi connectivity index (χ2n) is 5.10. The molecule has 0 radical (unpaired) electrons. The summed E-state index contributed by atoms with van der Waals surface area (Å²) in [6.45, 7) is 3.12. The number of piperidine rings is 1. The molecule has 3 rings (SSSR count). The van der Waals surface area contributed by atoms with Gasteiger partial charge in [0.25, 0.3) is 0 Å². The van der Waals surface area contributed by atoms with E-state index in [4.69, 9.17) is 4.74 Å². The van der Waals surface area contributed by atoms with Crippen LogP contribution in [0.1, 0.15) is 55.6 Å². The SMILES string of the molecule is c1nc(C2CCNCC2)[nH]c1C1CCCCO1. The van der Waals surface area contributed by atoms with E-state index in [1.165, 1.54) is 31.4 Å². The monoisotopic (exact) mass is 235 g/mol. The maximum absolute atomic E-state index is 5.78. The molecule has 1 aromatic heterocycles. The van der Waals surface area contributed by atoms with E-state index in [9.17, 15) is 0 Å². The van der Waals surface area contributed by atoms with Gasteiger partial charge in [-0.2, -0.15) is 0 Å². The zero-order valence-electron chi connectivity index (χ0n) is 10.2. The molecule has 0 amide bonds. The van der Waals surface area contributed by atoms with Crippen LogP contribution in [-0.4, -0.2) is 29.7 Å². The summed E-state index contributed by atoms with van der Waals surface area (Å²) >= 11 is 0. The van der Waals surface area contributed by atoms with Crippen LogP contribution in [0.3, 0.4) is 0 Å². The Morgan fingerprint density at radius 3 is 2.82 bits per heavy atom. The number of hydrogen-bond acceptors (Lipinski definition) is 3. The predicted molar refractivity (Wildman–Crippen MR) is 66.0 cm³/mol. The molecular weight excluding hydrogens is 214 g/mol. The van der Waals surface area contributed by atoms with Crippen molar-refractivity contribution in [2.24, 2.45) is 0 Å². The molecule has 17 heavy (non-hydrogen) atoms. The molecule has 3 heterocycles. The molecule has 2 N–H and O–H groups in total. The fourth-order valence-electron chi connectivity index (χ4n) is 2.80. The molecule has 0 aliphatic carbocycles. The standard InChI is InChI=1S/C13H21N3O/c1-2-8-17-12(3-1)11-9-15-13(16-11)10-4-6-14-7-5-10/h9-10,12,14H,1-8H2,(H,15,16). The highest BCUT2D eigenvalue weighted by Gasteiger charge is 2.22. The van der Waals surface area contributed by atoms with Crippen molar-refractivity contribution in [1.29, 1.82) is 0 Å². The summed E-state index contributed by atoms with van der Waals surface area (Å²) in [5, 5.41) is 3.39. The van der Waals surface area contributed by atoms with E-state index in [1.807, 2.05) is 6.20 Å². The van der Waals surface area contributed by atoms with Crippen LogP contribution in [0.15, 0.2) is 6.20 Å². The lowest BCUT2D eigenvalue weighted by molar-refractivity contribution is 0.0125. The van der Waals surface area contributed by atoms with Crippen molar-refractivity contribution < 1.29 is 4.74 Å². The quantitative estimate of drug-likeness (QED) is 0.825. The lowest BCUT2D eigenvalue weighted by atomic mass is 9.97. The van der Waals surface area contributed by atoms with Crippen molar-refractivity contribution >= 4 is 0 Å². The molecule has 4 heteroatoms. The third-order valence-corrected chi connectivity index (χ3v) is 3.87. The van der Waals surface area contributed by atoms with E-state index in [2.05, 4.69) is 15.3 Å². The van der Waals surface area contributed by atoms with E-state index in [1.54, 1.807) is 0 Å². The highest BCUT2D eigenvalue weighted by molar-refractivity contribution is 5.09. The zero-order chi connectivity index (χ0) is 11.5.